The van der Waals surface area contributed by atoms with Crippen molar-refractivity contribution in [2.45, 2.75) is 12.5 Å². The van der Waals surface area contributed by atoms with Crippen molar-refractivity contribution in [3.05, 3.63) is 34.3 Å². The second-order valence-electron chi connectivity index (χ2n) is 4.00. The Morgan fingerprint density at radius 2 is 2.38 bits per heavy atom. The molecule has 2 aliphatic rings. The number of fused-ring (bicyclic) bond motifs is 1. The van der Waals surface area contributed by atoms with E-state index in [1.807, 2.05) is 12.1 Å². The van der Waals surface area contributed by atoms with Gasteiger partial charge in [-0.25, -0.2) is 0 Å². The molecule has 2 heterocycles. The van der Waals surface area contributed by atoms with Gasteiger partial charge in [-0.3, -0.25) is 4.99 Å². The van der Waals surface area contributed by atoms with Gasteiger partial charge in [0, 0.05) is 11.6 Å². The van der Waals surface area contributed by atoms with Gasteiger partial charge in [0.25, 0.3) is 0 Å². The average molecular weight is 237 g/mol. The lowest BCUT2D eigenvalue weighted by Gasteiger charge is -2.26. The zero-order valence-corrected chi connectivity index (χ0v) is 9.63. The Morgan fingerprint density at radius 1 is 1.44 bits per heavy atom. The molecule has 0 aromatic heterocycles. The minimum atomic E-state index is -0.0510. The van der Waals surface area contributed by atoms with Crippen LogP contribution in [0.1, 0.15) is 17.2 Å². The highest BCUT2D eigenvalue weighted by molar-refractivity contribution is 6.31. The van der Waals surface area contributed by atoms with Gasteiger partial charge in [-0.15, -0.1) is 0 Å². The van der Waals surface area contributed by atoms with Crippen molar-refractivity contribution in [1.29, 1.82) is 0 Å². The number of benzene rings is 1. The minimum Gasteiger partial charge on any atom is -0.369 e. The van der Waals surface area contributed by atoms with Gasteiger partial charge in [0.1, 0.15) is 11.9 Å². The third-order valence-corrected chi connectivity index (χ3v) is 3.38. The van der Waals surface area contributed by atoms with Gasteiger partial charge in [0.05, 0.1) is 13.2 Å². The molecule has 0 amide bonds. The van der Waals surface area contributed by atoms with Gasteiger partial charge in [0.2, 0.25) is 0 Å². The molecule has 0 bridgehead atoms. The number of hydrogen-bond donors (Lipinski definition) is 1. The summed E-state index contributed by atoms with van der Waals surface area (Å²) in [6, 6.07) is 5.98. The van der Waals surface area contributed by atoms with Crippen molar-refractivity contribution in [2.24, 2.45) is 4.99 Å². The topological polar surface area (TPSA) is 33.6 Å². The van der Waals surface area contributed by atoms with E-state index in [0.29, 0.717) is 6.61 Å². The Labute approximate surface area is 99.5 Å². The van der Waals surface area contributed by atoms with Crippen molar-refractivity contribution in [2.75, 3.05) is 19.7 Å². The summed E-state index contributed by atoms with van der Waals surface area (Å²) in [5, 5.41) is 4.11. The number of nitrogens with zero attached hydrogens (tertiary/aromatic N) is 1. The van der Waals surface area contributed by atoms with Crippen LogP contribution in [-0.2, 0) is 11.2 Å². The molecule has 0 fully saturated rings. The van der Waals surface area contributed by atoms with Crippen LogP contribution >= 0.6 is 11.6 Å². The molecule has 3 rings (SSSR count). The number of amidine groups is 1. The van der Waals surface area contributed by atoms with Crippen LogP contribution in [0.25, 0.3) is 0 Å². The maximum atomic E-state index is 6.20. The SMILES string of the molecule is Clc1cccc2c1CCOC2C1=NCCN1. The van der Waals surface area contributed by atoms with Crippen molar-refractivity contribution >= 4 is 17.4 Å². The molecule has 84 valence electrons. The van der Waals surface area contributed by atoms with Crippen LogP contribution in [0.2, 0.25) is 5.02 Å². The van der Waals surface area contributed by atoms with E-state index in [0.717, 1.165) is 35.9 Å². The Bertz CT molecular complexity index is 445. The number of halogens is 1. The number of rotatable bonds is 1. The van der Waals surface area contributed by atoms with Crippen molar-refractivity contribution < 1.29 is 4.74 Å². The highest BCUT2D eigenvalue weighted by Gasteiger charge is 2.27. The molecule has 0 saturated carbocycles. The molecule has 0 saturated heterocycles. The first-order chi connectivity index (χ1) is 7.86. The van der Waals surface area contributed by atoms with E-state index in [9.17, 15) is 0 Å². The molecular formula is C12H13ClN2O. The maximum Gasteiger partial charge on any atom is 0.140 e. The minimum absolute atomic E-state index is 0.0510. The highest BCUT2D eigenvalue weighted by atomic mass is 35.5. The highest BCUT2D eigenvalue weighted by Crippen LogP contribution is 2.32. The third kappa shape index (κ3) is 1.60. The number of aliphatic imine (C=N–C) groups is 1. The Morgan fingerprint density at radius 3 is 3.19 bits per heavy atom. The van der Waals surface area contributed by atoms with E-state index in [2.05, 4.69) is 16.4 Å². The van der Waals surface area contributed by atoms with Crippen molar-refractivity contribution in [1.82, 2.24) is 5.32 Å². The fourth-order valence-electron chi connectivity index (χ4n) is 2.27. The molecule has 1 atom stereocenters. The summed E-state index contributed by atoms with van der Waals surface area (Å²) in [6.45, 7) is 2.46. The Hall–Kier alpha value is -1.06. The largest absolute Gasteiger partial charge is 0.369 e. The van der Waals surface area contributed by atoms with Crippen LogP contribution < -0.4 is 5.32 Å². The van der Waals surface area contributed by atoms with E-state index < -0.39 is 0 Å². The quantitative estimate of drug-likeness (QED) is 0.809. The molecule has 1 aromatic rings. The summed E-state index contributed by atoms with van der Waals surface area (Å²) in [5.74, 6) is 0.947. The summed E-state index contributed by atoms with van der Waals surface area (Å²) >= 11 is 6.20. The second kappa shape index (κ2) is 4.07. The lowest BCUT2D eigenvalue weighted by Crippen LogP contribution is -2.31. The predicted octanol–water partition coefficient (Wildman–Crippen LogP) is 1.96. The number of hydrogen-bond acceptors (Lipinski definition) is 3. The summed E-state index contributed by atoms with van der Waals surface area (Å²) < 4.78 is 5.79. The second-order valence-corrected chi connectivity index (χ2v) is 4.41. The van der Waals surface area contributed by atoms with Crippen LogP contribution in [0, 0.1) is 0 Å². The predicted molar refractivity (Wildman–Crippen MR) is 64.2 cm³/mol. The molecule has 16 heavy (non-hydrogen) atoms. The summed E-state index contributed by atoms with van der Waals surface area (Å²) in [6.07, 6.45) is 0.837. The van der Waals surface area contributed by atoms with Gasteiger partial charge < -0.3 is 10.1 Å². The fourth-order valence-corrected chi connectivity index (χ4v) is 2.55. The Kier molecular flexibility index (Phi) is 2.58. The molecular weight excluding hydrogens is 224 g/mol. The standard InChI is InChI=1S/C12H13ClN2O/c13-10-3-1-2-9-8(10)4-7-16-11(9)12-14-5-6-15-12/h1-3,11H,4-7H2,(H,14,15). The first kappa shape index (κ1) is 10.1. The van der Waals surface area contributed by atoms with E-state index >= 15 is 0 Å². The molecule has 0 aliphatic carbocycles. The van der Waals surface area contributed by atoms with Gasteiger partial charge >= 0.3 is 0 Å². The molecule has 2 aliphatic heterocycles. The van der Waals surface area contributed by atoms with E-state index in [4.69, 9.17) is 16.3 Å². The van der Waals surface area contributed by atoms with Crippen LogP contribution in [0.15, 0.2) is 23.2 Å². The summed E-state index contributed by atoms with van der Waals surface area (Å²) in [5.41, 5.74) is 2.36. The maximum absolute atomic E-state index is 6.20. The molecule has 4 heteroatoms. The molecule has 3 nitrogen and oxygen atoms in total. The molecule has 1 unspecified atom stereocenters. The van der Waals surface area contributed by atoms with E-state index in [-0.39, 0.29) is 6.10 Å². The van der Waals surface area contributed by atoms with Crippen LogP contribution in [0.3, 0.4) is 0 Å². The summed E-state index contributed by atoms with van der Waals surface area (Å²) in [7, 11) is 0. The first-order valence-corrected chi connectivity index (χ1v) is 5.91. The number of nitrogens with one attached hydrogen (secondary N) is 1. The average Bonchev–Trinajstić information content (AvgIpc) is 2.82. The molecule has 0 spiro atoms. The third-order valence-electron chi connectivity index (χ3n) is 3.02. The smallest absolute Gasteiger partial charge is 0.140 e. The lowest BCUT2D eigenvalue weighted by atomic mass is 9.97. The van der Waals surface area contributed by atoms with Gasteiger partial charge in [-0.05, 0) is 23.6 Å². The van der Waals surface area contributed by atoms with Crippen LogP contribution in [0.5, 0.6) is 0 Å². The molecule has 1 aromatic carbocycles. The number of ether oxygens (including phenoxy) is 1. The van der Waals surface area contributed by atoms with Crippen molar-refractivity contribution in [3.63, 3.8) is 0 Å². The monoisotopic (exact) mass is 236 g/mol. The zero-order valence-electron chi connectivity index (χ0n) is 8.87. The fraction of sp³-hybridized carbons (Fsp3) is 0.417. The normalized spacial score (nSPS) is 23.6. The molecule has 0 radical (unpaired) electrons. The van der Waals surface area contributed by atoms with E-state index in [1.54, 1.807) is 0 Å². The van der Waals surface area contributed by atoms with Gasteiger partial charge in [-0.2, -0.15) is 0 Å². The van der Waals surface area contributed by atoms with Gasteiger partial charge in [-0.1, -0.05) is 23.7 Å². The van der Waals surface area contributed by atoms with Crippen molar-refractivity contribution in [3.8, 4) is 0 Å². The van der Waals surface area contributed by atoms with E-state index in [1.165, 1.54) is 5.56 Å². The van der Waals surface area contributed by atoms with Crippen LogP contribution in [-0.4, -0.2) is 25.5 Å². The Balaban J connectivity index is 2.02. The van der Waals surface area contributed by atoms with Crippen LogP contribution in [0.4, 0.5) is 0 Å². The zero-order chi connectivity index (χ0) is 11.0. The van der Waals surface area contributed by atoms with Gasteiger partial charge in [0.15, 0.2) is 0 Å². The summed E-state index contributed by atoms with van der Waals surface area (Å²) in [4.78, 5) is 4.43. The first-order valence-electron chi connectivity index (χ1n) is 5.53. The molecule has 1 N–H and O–H groups in total. The lowest BCUT2D eigenvalue weighted by molar-refractivity contribution is 0.0861.